The minimum absolute atomic E-state index is 0.347. The number of rotatable bonds is 3. The van der Waals surface area contributed by atoms with E-state index in [9.17, 15) is 4.79 Å². The van der Waals surface area contributed by atoms with Crippen LogP contribution in [0.3, 0.4) is 0 Å². The van der Waals surface area contributed by atoms with Crippen LogP contribution in [0.25, 0.3) is 5.82 Å². The molecule has 5 rings (SSSR count). The number of pyridine rings is 2. The van der Waals surface area contributed by atoms with Crippen molar-refractivity contribution in [1.82, 2.24) is 25.0 Å². The van der Waals surface area contributed by atoms with E-state index in [1.165, 1.54) is 9.70 Å². The monoisotopic (exact) mass is 425 g/mol. The number of nitrogens with zero attached hydrogens (tertiary/aromatic N) is 6. The number of urea groups is 1. The predicted molar refractivity (Wildman–Crippen MR) is 110 cm³/mol. The Hall–Kier alpha value is -3.20. The fourth-order valence-electron chi connectivity index (χ4n) is 4.05. The van der Waals surface area contributed by atoms with Gasteiger partial charge in [-0.05, 0) is 44.2 Å². The number of fused-ring (bicyclic) bond motifs is 1. The van der Waals surface area contributed by atoms with Crippen LogP contribution in [-0.2, 0) is 0 Å². The van der Waals surface area contributed by atoms with E-state index in [0.717, 1.165) is 18.4 Å². The predicted octanol–water partition coefficient (Wildman–Crippen LogP) is 3.39. The molecule has 0 spiro atoms. The minimum Gasteiger partial charge on any atom is -0.483 e. The van der Waals surface area contributed by atoms with Crippen molar-refractivity contribution < 1.29 is 9.53 Å². The zero-order valence-corrected chi connectivity index (χ0v) is 17.2. The maximum absolute atomic E-state index is 12.6. The van der Waals surface area contributed by atoms with Crippen LogP contribution in [0.15, 0.2) is 37.1 Å². The Kier molecular flexibility index (Phi) is 4.18. The lowest BCUT2D eigenvalue weighted by Gasteiger charge is -2.46. The van der Waals surface area contributed by atoms with E-state index < -0.39 is 17.7 Å². The number of aromatic nitrogens is 5. The summed E-state index contributed by atoms with van der Waals surface area (Å²) in [6, 6.07) is 0.590. The smallest absolute Gasteiger partial charge is 0.320 e. The number of hydrogen-bond acceptors (Lipinski definition) is 6. The van der Waals surface area contributed by atoms with E-state index in [-0.39, 0.29) is 0 Å². The highest BCUT2D eigenvalue weighted by atomic mass is 35.5. The lowest BCUT2D eigenvalue weighted by Crippen LogP contribution is -2.54. The molecule has 30 heavy (non-hydrogen) atoms. The first-order chi connectivity index (χ1) is 14.4. The summed E-state index contributed by atoms with van der Waals surface area (Å²) < 4.78 is 6.45. The van der Waals surface area contributed by atoms with Crippen LogP contribution in [-0.4, -0.2) is 36.6 Å². The molecule has 1 unspecified atom stereocenters. The molecule has 1 saturated carbocycles. The zero-order valence-electron chi connectivity index (χ0n) is 16.5. The average molecular weight is 426 g/mol. The third kappa shape index (κ3) is 2.97. The summed E-state index contributed by atoms with van der Waals surface area (Å²) in [4.78, 5) is 24.2. The zero-order chi connectivity index (χ0) is 21.0. The Bertz CT molecular complexity index is 1130. The standard InChI is InChI=1S/C20H20ClN7O2/c1-20(2)17(12-7-14(21)18(24-8-12)28-25-5-6-26-28)27(19(22)29)15-10-23-9-13(11-3-4-11)16(15)30-20/h5-11,17H,3-4H2,1-2H3,(H2,22,29). The number of ether oxygens (including phenoxy) is 1. The fraction of sp³-hybridized carbons (Fsp3) is 0.350. The molecule has 9 nitrogen and oxygen atoms in total. The Morgan fingerprint density at radius 2 is 1.97 bits per heavy atom. The van der Waals surface area contributed by atoms with Crippen molar-refractivity contribution in [3.63, 3.8) is 0 Å². The molecule has 154 valence electrons. The van der Waals surface area contributed by atoms with Crippen LogP contribution in [0, 0.1) is 0 Å². The third-order valence-electron chi connectivity index (χ3n) is 5.47. The Morgan fingerprint density at radius 3 is 2.60 bits per heavy atom. The van der Waals surface area contributed by atoms with Crippen molar-refractivity contribution in [2.45, 2.75) is 44.2 Å². The summed E-state index contributed by atoms with van der Waals surface area (Å²) in [5.74, 6) is 1.47. The molecular formula is C20H20ClN7O2. The summed E-state index contributed by atoms with van der Waals surface area (Å²) in [7, 11) is 0. The first kappa shape index (κ1) is 18.8. The van der Waals surface area contributed by atoms with Gasteiger partial charge in [0.05, 0.1) is 23.6 Å². The number of carbonyl (C=O) groups excluding carboxylic acids is 1. The molecule has 2 amide bonds. The summed E-state index contributed by atoms with van der Waals surface area (Å²) >= 11 is 6.48. The number of halogens is 1. The molecule has 4 heterocycles. The number of carbonyl (C=O) groups is 1. The Labute approximate surface area is 177 Å². The van der Waals surface area contributed by atoms with Gasteiger partial charge in [0.25, 0.3) is 0 Å². The number of nitrogens with two attached hydrogens (primary N) is 1. The van der Waals surface area contributed by atoms with Crippen LogP contribution >= 0.6 is 11.6 Å². The summed E-state index contributed by atoms with van der Waals surface area (Å²) in [5.41, 5.74) is 7.31. The van der Waals surface area contributed by atoms with Gasteiger partial charge in [0, 0.05) is 18.0 Å². The van der Waals surface area contributed by atoms with E-state index >= 15 is 0 Å². The van der Waals surface area contributed by atoms with Crippen molar-refractivity contribution in [3.05, 3.63) is 53.2 Å². The lowest BCUT2D eigenvalue weighted by atomic mass is 9.88. The quantitative estimate of drug-likeness (QED) is 0.688. The van der Waals surface area contributed by atoms with Crippen LogP contribution < -0.4 is 15.4 Å². The van der Waals surface area contributed by atoms with Crippen molar-refractivity contribution in [2.75, 3.05) is 4.90 Å². The molecule has 1 fully saturated rings. The molecule has 0 saturated heterocycles. The number of anilines is 1. The van der Waals surface area contributed by atoms with Gasteiger partial charge >= 0.3 is 6.03 Å². The van der Waals surface area contributed by atoms with E-state index in [1.807, 2.05) is 20.0 Å². The molecule has 1 aliphatic carbocycles. The molecule has 3 aromatic heterocycles. The van der Waals surface area contributed by atoms with Gasteiger partial charge in [0.1, 0.15) is 17.3 Å². The SMILES string of the molecule is CC1(C)Oc2c(C3CC3)cncc2N(C(N)=O)C1c1cnc(-n2nccn2)c(Cl)c1. The van der Waals surface area contributed by atoms with Crippen molar-refractivity contribution >= 4 is 23.3 Å². The maximum atomic E-state index is 12.6. The van der Waals surface area contributed by atoms with Crippen LogP contribution in [0.1, 0.15) is 49.8 Å². The molecule has 0 aromatic carbocycles. The van der Waals surface area contributed by atoms with Crippen LogP contribution in [0.4, 0.5) is 10.5 Å². The van der Waals surface area contributed by atoms with Gasteiger partial charge in [-0.2, -0.15) is 10.2 Å². The van der Waals surface area contributed by atoms with E-state index in [0.29, 0.717) is 33.8 Å². The molecular weight excluding hydrogens is 406 g/mol. The fourth-order valence-corrected chi connectivity index (χ4v) is 4.30. The second-order valence-corrected chi connectivity index (χ2v) is 8.47. The number of amides is 2. The van der Waals surface area contributed by atoms with Crippen molar-refractivity contribution in [3.8, 4) is 11.6 Å². The Balaban J connectivity index is 1.63. The molecule has 10 heteroatoms. The second-order valence-electron chi connectivity index (χ2n) is 8.06. The molecule has 1 atom stereocenters. The maximum Gasteiger partial charge on any atom is 0.320 e. The van der Waals surface area contributed by atoms with E-state index in [4.69, 9.17) is 22.1 Å². The average Bonchev–Trinajstić information content (AvgIpc) is 3.39. The van der Waals surface area contributed by atoms with Crippen LogP contribution in [0.5, 0.6) is 5.75 Å². The molecule has 0 bridgehead atoms. The highest BCUT2D eigenvalue weighted by Gasteiger charge is 2.47. The second kappa shape index (κ2) is 6.66. The first-order valence-electron chi connectivity index (χ1n) is 9.64. The third-order valence-corrected chi connectivity index (χ3v) is 5.75. The summed E-state index contributed by atoms with van der Waals surface area (Å²) in [6.45, 7) is 3.84. The van der Waals surface area contributed by atoms with E-state index in [2.05, 4.69) is 20.2 Å². The largest absolute Gasteiger partial charge is 0.483 e. The first-order valence-corrected chi connectivity index (χ1v) is 10.0. The van der Waals surface area contributed by atoms with Gasteiger partial charge in [-0.25, -0.2) is 9.78 Å². The van der Waals surface area contributed by atoms with Gasteiger partial charge in [0.15, 0.2) is 11.6 Å². The number of hydrogen-bond donors (Lipinski definition) is 1. The summed E-state index contributed by atoms with van der Waals surface area (Å²) in [6.07, 6.45) is 10.3. The molecule has 3 aromatic rings. The Morgan fingerprint density at radius 1 is 1.23 bits per heavy atom. The molecule has 2 N–H and O–H groups in total. The van der Waals surface area contributed by atoms with Gasteiger partial charge in [-0.3, -0.25) is 9.88 Å². The molecule has 0 radical (unpaired) electrons. The van der Waals surface area contributed by atoms with Crippen molar-refractivity contribution in [1.29, 1.82) is 0 Å². The lowest BCUT2D eigenvalue weighted by molar-refractivity contribution is 0.0648. The molecule has 1 aliphatic heterocycles. The van der Waals surface area contributed by atoms with Gasteiger partial charge < -0.3 is 10.5 Å². The topological polar surface area (TPSA) is 112 Å². The molecule has 2 aliphatic rings. The van der Waals surface area contributed by atoms with E-state index in [1.54, 1.807) is 30.9 Å². The highest BCUT2D eigenvalue weighted by Crippen LogP contribution is 2.53. The number of primary amides is 1. The normalized spacial score (nSPS) is 19.8. The minimum atomic E-state index is -0.788. The van der Waals surface area contributed by atoms with Gasteiger partial charge in [-0.1, -0.05) is 11.6 Å². The highest BCUT2D eigenvalue weighted by molar-refractivity contribution is 6.32. The van der Waals surface area contributed by atoms with Crippen molar-refractivity contribution in [2.24, 2.45) is 5.73 Å². The van der Waals surface area contributed by atoms with Gasteiger partial charge in [-0.15, -0.1) is 4.80 Å². The van der Waals surface area contributed by atoms with Gasteiger partial charge in [0.2, 0.25) is 0 Å². The summed E-state index contributed by atoms with van der Waals surface area (Å²) in [5, 5.41) is 8.48. The van der Waals surface area contributed by atoms with Crippen LogP contribution in [0.2, 0.25) is 5.02 Å².